The SMILES string of the molecule is CC(Oc1ccc2ccccc2c1)C(=O)NNC(=O)c1ccccc1OC(F)F. The summed E-state index contributed by atoms with van der Waals surface area (Å²) < 4.78 is 34.8. The van der Waals surface area contributed by atoms with Crippen molar-refractivity contribution in [1.29, 1.82) is 0 Å². The first-order chi connectivity index (χ1) is 13.9. The zero-order valence-electron chi connectivity index (χ0n) is 15.4. The summed E-state index contributed by atoms with van der Waals surface area (Å²) in [6.07, 6.45) is -0.913. The quantitative estimate of drug-likeness (QED) is 0.619. The van der Waals surface area contributed by atoms with E-state index in [0.717, 1.165) is 10.8 Å². The Labute approximate surface area is 165 Å². The van der Waals surface area contributed by atoms with Crippen LogP contribution in [0.3, 0.4) is 0 Å². The number of hydrogen-bond donors (Lipinski definition) is 2. The van der Waals surface area contributed by atoms with Crippen molar-refractivity contribution in [3.8, 4) is 11.5 Å². The van der Waals surface area contributed by atoms with E-state index in [1.807, 2.05) is 30.3 Å². The number of hydrazine groups is 1. The van der Waals surface area contributed by atoms with Gasteiger partial charge >= 0.3 is 6.61 Å². The third-order valence-electron chi connectivity index (χ3n) is 4.05. The van der Waals surface area contributed by atoms with Gasteiger partial charge in [0.05, 0.1) is 5.56 Å². The molecule has 0 aliphatic carbocycles. The van der Waals surface area contributed by atoms with Crippen molar-refractivity contribution in [3.05, 3.63) is 72.3 Å². The summed E-state index contributed by atoms with van der Waals surface area (Å²) in [5.74, 6) is -1.21. The van der Waals surface area contributed by atoms with Gasteiger partial charge in [-0.3, -0.25) is 20.4 Å². The molecule has 150 valence electrons. The number of para-hydroxylation sites is 1. The molecule has 0 radical (unpaired) electrons. The number of fused-ring (bicyclic) bond motifs is 1. The van der Waals surface area contributed by atoms with Gasteiger partial charge in [0.1, 0.15) is 11.5 Å². The molecule has 6 nitrogen and oxygen atoms in total. The molecule has 2 N–H and O–H groups in total. The molecule has 3 rings (SSSR count). The fraction of sp³-hybridized carbons (Fsp3) is 0.143. The van der Waals surface area contributed by atoms with Gasteiger partial charge < -0.3 is 9.47 Å². The highest BCUT2D eigenvalue weighted by Gasteiger charge is 2.19. The maximum atomic E-state index is 12.4. The molecule has 0 aliphatic rings. The van der Waals surface area contributed by atoms with Gasteiger partial charge in [-0.05, 0) is 42.0 Å². The predicted molar refractivity (Wildman–Crippen MR) is 103 cm³/mol. The highest BCUT2D eigenvalue weighted by molar-refractivity contribution is 5.98. The van der Waals surface area contributed by atoms with E-state index in [2.05, 4.69) is 15.6 Å². The number of amides is 2. The van der Waals surface area contributed by atoms with Crippen LogP contribution in [0.15, 0.2) is 66.7 Å². The number of alkyl halides is 2. The molecule has 29 heavy (non-hydrogen) atoms. The molecule has 3 aromatic carbocycles. The van der Waals surface area contributed by atoms with Crippen LogP contribution in [-0.2, 0) is 4.79 Å². The smallest absolute Gasteiger partial charge is 0.387 e. The van der Waals surface area contributed by atoms with E-state index in [4.69, 9.17) is 4.74 Å². The van der Waals surface area contributed by atoms with Crippen LogP contribution in [0.4, 0.5) is 8.78 Å². The van der Waals surface area contributed by atoms with Crippen LogP contribution in [0.2, 0.25) is 0 Å². The first kappa shape index (κ1) is 20.1. The fourth-order valence-electron chi connectivity index (χ4n) is 2.64. The second-order valence-electron chi connectivity index (χ2n) is 6.09. The van der Waals surface area contributed by atoms with Crippen molar-refractivity contribution in [2.75, 3.05) is 0 Å². The molecule has 3 aromatic rings. The molecular weight excluding hydrogens is 382 g/mol. The Morgan fingerprint density at radius 1 is 0.862 bits per heavy atom. The molecule has 8 heteroatoms. The average molecular weight is 400 g/mol. The van der Waals surface area contributed by atoms with Crippen molar-refractivity contribution in [3.63, 3.8) is 0 Å². The van der Waals surface area contributed by atoms with E-state index in [1.165, 1.54) is 31.2 Å². The van der Waals surface area contributed by atoms with Crippen molar-refractivity contribution in [2.24, 2.45) is 0 Å². The summed E-state index contributed by atoms with van der Waals surface area (Å²) in [7, 11) is 0. The monoisotopic (exact) mass is 400 g/mol. The molecule has 0 bridgehead atoms. The second-order valence-corrected chi connectivity index (χ2v) is 6.09. The molecule has 2 amide bonds. The van der Waals surface area contributed by atoms with Crippen LogP contribution < -0.4 is 20.3 Å². The molecule has 0 saturated carbocycles. The number of ether oxygens (including phenoxy) is 2. The lowest BCUT2D eigenvalue weighted by molar-refractivity contribution is -0.128. The lowest BCUT2D eigenvalue weighted by atomic mass is 10.1. The molecule has 1 atom stereocenters. The maximum absolute atomic E-state index is 12.4. The minimum atomic E-state index is -3.08. The lowest BCUT2D eigenvalue weighted by Gasteiger charge is -2.16. The Balaban J connectivity index is 1.59. The third kappa shape index (κ3) is 5.19. The summed E-state index contributed by atoms with van der Waals surface area (Å²) >= 11 is 0. The fourth-order valence-corrected chi connectivity index (χ4v) is 2.64. The van der Waals surface area contributed by atoms with Crippen LogP contribution >= 0.6 is 0 Å². The standard InChI is InChI=1S/C21H18F2N2O4/c1-13(28-16-11-10-14-6-2-3-7-15(14)12-16)19(26)24-25-20(27)17-8-4-5-9-18(17)29-21(22)23/h2-13,21H,1H3,(H,24,26)(H,25,27). The molecule has 0 fully saturated rings. The van der Waals surface area contributed by atoms with E-state index >= 15 is 0 Å². The predicted octanol–water partition coefficient (Wildman–Crippen LogP) is 3.67. The number of carbonyl (C=O) groups is 2. The largest absolute Gasteiger partial charge is 0.481 e. The van der Waals surface area contributed by atoms with Gasteiger partial charge in [-0.25, -0.2) is 0 Å². The summed E-state index contributed by atoms with van der Waals surface area (Å²) in [5.41, 5.74) is 4.24. The van der Waals surface area contributed by atoms with Gasteiger partial charge in [-0.1, -0.05) is 42.5 Å². The number of nitrogens with one attached hydrogen (secondary N) is 2. The highest BCUT2D eigenvalue weighted by atomic mass is 19.3. The summed E-state index contributed by atoms with van der Waals surface area (Å²) in [4.78, 5) is 24.4. The van der Waals surface area contributed by atoms with E-state index in [1.54, 1.807) is 12.1 Å². The molecule has 0 aromatic heterocycles. The number of rotatable bonds is 6. The highest BCUT2D eigenvalue weighted by Crippen LogP contribution is 2.22. The van der Waals surface area contributed by atoms with E-state index in [-0.39, 0.29) is 11.3 Å². The summed E-state index contributed by atoms with van der Waals surface area (Å²) in [5, 5.41) is 2.00. The molecular formula is C21H18F2N2O4. The molecule has 0 aliphatic heterocycles. The number of benzene rings is 3. The normalized spacial score (nSPS) is 11.7. The molecule has 1 unspecified atom stereocenters. The number of carbonyl (C=O) groups excluding carboxylic acids is 2. The Bertz CT molecular complexity index is 1030. The van der Waals surface area contributed by atoms with Crippen LogP contribution in [0.5, 0.6) is 11.5 Å². The minimum Gasteiger partial charge on any atom is -0.481 e. The van der Waals surface area contributed by atoms with Gasteiger partial charge in [-0.2, -0.15) is 8.78 Å². The van der Waals surface area contributed by atoms with Crippen molar-refractivity contribution < 1.29 is 27.8 Å². The van der Waals surface area contributed by atoms with Gasteiger partial charge in [0.2, 0.25) is 0 Å². The molecule has 0 spiro atoms. The Hall–Kier alpha value is -3.68. The number of halogens is 2. The topological polar surface area (TPSA) is 76.7 Å². The third-order valence-corrected chi connectivity index (χ3v) is 4.05. The van der Waals surface area contributed by atoms with Crippen LogP contribution in [0, 0.1) is 0 Å². The van der Waals surface area contributed by atoms with Crippen molar-refractivity contribution in [1.82, 2.24) is 10.9 Å². The van der Waals surface area contributed by atoms with E-state index < -0.39 is 24.5 Å². The first-order valence-corrected chi connectivity index (χ1v) is 8.73. The van der Waals surface area contributed by atoms with Crippen LogP contribution in [0.1, 0.15) is 17.3 Å². The Morgan fingerprint density at radius 2 is 1.55 bits per heavy atom. The lowest BCUT2D eigenvalue weighted by Crippen LogP contribution is -2.47. The first-order valence-electron chi connectivity index (χ1n) is 8.73. The second kappa shape index (κ2) is 9.01. The van der Waals surface area contributed by atoms with Gasteiger partial charge in [-0.15, -0.1) is 0 Å². The maximum Gasteiger partial charge on any atom is 0.387 e. The average Bonchev–Trinajstić information content (AvgIpc) is 2.71. The van der Waals surface area contributed by atoms with Crippen LogP contribution in [-0.4, -0.2) is 24.5 Å². The van der Waals surface area contributed by atoms with Crippen LogP contribution in [0.25, 0.3) is 10.8 Å². The molecule has 0 saturated heterocycles. The zero-order valence-corrected chi connectivity index (χ0v) is 15.4. The minimum absolute atomic E-state index is 0.142. The van der Waals surface area contributed by atoms with Crippen molar-refractivity contribution >= 4 is 22.6 Å². The van der Waals surface area contributed by atoms with E-state index in [0.29, 0.717) is 5.75 Å². The molecule has 0 heterocycles. The number of hydrogen-bond acceptors (Lipinski definition) is 4. The van der Waals surface area contributed by atoms with Gasteiger partial charge in [0.25, 0.3) is 11.8 Å². The summed E-state index contributed by atoms with van der Waals surface area (Å²) in [6, 6.07) is 18.6. The van der Waals surface area contributed by atoms with Gasteiger partial charge in [0, 0.05) is 0 Å². The van der Waals surface area contributed by atoms with E-state index in [9.17, 15) is 18.4 Å². The van der Waals surface area contributed by atoms with Crippen molar-refractivity contribution in [2.45, 2.75) is 19.6 Å². The van der Waals surface area contributed by atoms with Gasteiger partial charge in [0.15, 0.2) is 6.10 Å². The Morgan fingerprint density at radius 3 is 2.31 bits per heavy atom. The zero-order chi connectivity index (χ0) is 20.8. The Kier molecular flexibility index (Phi) is 6.23. The summed E-state index contributed by atoms with van der Waals surface area (Å²) in [6.45, 7) is -1.56.